The van der Waals surface area contributed by atoms with E-state index < -0.39 is 11.3 Å². The summed E-state index contributed by atoms with van der Waals surface area (Å²) in [7, 11) is 0. The number of hydroxylamine groups is 1. The monoisotopic (exact) mass is 462 g/mol. The van der Waals surface area contributed by atoms with E-state index in [1.165, 1.54) is 6.20 Å². The van der Waals surface area contributed by atoms with Crippen molar-refractivity contribution in [1.82, 2.24) is 20.0 Å². The second kappa shape index (κ2) is 9.67. The first-order chi connectivity index (χ1) is 17.1. The summed E-state index contributed by atoms with van der Waals surface area (Å²) in [6, 6.07) is 18.9. The van der Waals surface area contributed by atoms with Gasteiger partial charge in [-0.3, -0.25) is 14.4 Å². The fraction of sp³-hybridized carbons (Fsp3) is 0.107. The first kappa shape index (κ1) is 22.1. The van der Waals surface area contributed by atoms with E-state index >= 15 is 0 Å². The van der Waals surface area contributed by atoms with Gasteiger partial charge >= 0.3 is 0 Å². The maximum absolute atomic E-state index is 13.0. The number of nitrogens with one attached hydrogen (secondary N) is 2. The Morgan fingerprint density at radius 3 is 2.80 bits per heavy atom. The van der Waals surface area contributed by atoms with Crippen molar-refractivity contribution in [2.75, 3.05) is 6.61 Å². The van der Waals surface area contributed by atoms with Crippen molar-refractivity contribution in [1.29, 1.82) is 0 Å². The van der Waals surface area contributed by atoms with Crippen molar-refractivity contribution >= 4 is 27.8 Å². The van der Waals surface area contributed by atoms with Gasteiger partial charge in [-0.25, -0.2) is 10.5 Å². The molecule has 1 amide bonds. The summed E-state index contributed by atoms with van der Waals surface area (Å²) in [6.45, 7) is 2.28. The minimum atomic E-state index is -0.598. The minimum Gasteiger partial charge on any atom is -0.361 e. The Kier molecular flexibility index (Phi) is 6.12. The molecule has 0 aliphatic rings. The first-order valence-electron chi connectivity index (χ1n) is 11.3. The summed E-state index contributed by atoms with van der Waals surface area (Å²) in [5.74, 6) is 5.81. The number of H-pyrrole nitrogens is 1. The van der Waals surface area contributed by atoms with Crippen molar-refractivity contribution in [3.05, 3.63) is 106 Å². The van der Waals surface area contributed by atoms with Gasteiger partial charge in [-0.05, 0) is 61.0 Å². The van der Waals surface area contributed by atoms with Crippen molar-refractivity contribution in [2.45, 2.75) is 13.3 Å². The predicted octanol–water partition coefficient (Wildman–Crippen LogP) is 4.34. The molecule has 0 radical (unpaired) electrons. The molecule has 7 heteroatoms. The van der Waals surface area contributed by atoms with Crippen LogP contribution in [0.4, 0.5) is 0 Å². The maximum atomic E-state index is 13.0. The molecule has 3 aromatic heterocycles. The van der Waals surface area contributed by atoms with Crippen molar-refractivity contribution in [2.24, 2.45) is 0 Å². The van der Waals surface area contributed by atoms with Crippen LogP contribution in [0.3, 0.4) is 0 Å². The third kappa shape index (κ3) is 4.56. The Morgan fingerprint density at radius 1 is 1.09 bits per heavy atom. The van der Waals surface area contributed by atoms with Crippen LogP contribution < -0.4 is 10.9 Å². The molecule has 0 spiro atoms. The molecule has 0 saturated carbocycles. The quantitative estimate of drug-likeness (QED) is 0.231. The van der Waals surface area contributed by atoms with E-state index in [-0.39, 0.29) is 5.56 Å². The number of rotatable bonds is 5. The molecule has 5 rings (SSSR count). The standard InChI is InChI=1S/C28H22N4O3/c1-2-15-35-31-28(34)24-18-32(27-23(26(24)33)7-4-13-30-27)22-6-3-5-19(17-22)8-9-20-10-11-25-21(16-20)12-14-29-25/h3-7,10-14,16-18,29H,2,15H2,1H3,(H,31,34). The number of aromatic amines is 1. The summed E-state index contributed by atoms with van der Waals surface area (Å²) in [5, 5.41) is 1.44. The number of carbonyl (C=O) groups excluding carboxylic acids is 1. The van der Waals surface area contributed by atoms with E-state index in [1.54, 1.807) is 22.9 Å². The molecule has 172 valence electrons. The average molecular weight is 463 g/mol. The summed E-state index contributed by atoms with van der Waals surface area (Å²) >= 11 is 0. The molecule has 5 aromatic rings. The Bertz CT molecular complexity index is 1670. The van der Waals surface area contributed by atoms with Crippen molar-refractivity contribution in [3.63, 3.8) is 0 Å². The largest absolute Gasteiger partial charge is 0.361 e. The van der Waals surface area contributed by atoms with E-state index in [2.05, 4.69) is 27.3 Å². The minimum absolute atomic E-state index is 0.0297. The normalized spacial score (nSPS) is 10.8. The number of nitrogens with zero attached hydrogens (tertiary/aromatic N) is 2. The van der Waals surface area contributed by atoms with Crippen LogP contribution in [0.25, 0.3) is 27.6 Å². The van der Waals surface area contributed by atoms with Gasteiger partial charge < -0.3 is 9.55 Å². The molecule has 0 bridgehead atoms. The van der Waals surface area contributed by atoms with Gasteiger partial charge in [-0.1, -0.05) is 24.8 Å². The second-order valence-corrected chi connectivity index (χ2v) is 7.98. The molecule has 35 heavy (non-hydrogen) atoms. The molecule has 0 saturated heterocycles. The number of hydrogen-bond donors (Lipinski definition) is 2. The lowest BCUT2D eigenvalue weighted by molar-refractivity contribution is 0.0314. The van der Waals surface area contributed by atoms with E-state index in [0.29, 0.717) is 17.6 Å². The van der Waals surface area contributed by atoms with Crippen LogP contribution in [0, 0.1) is 11.8 Å². The third-order valence-electron chi connectivity index (χ3n) is 5.51. The van der Waals surface area contributed by atoms with Crippen LogP contribution in [-0.4, -0.2) is 27.0 Å². The first-order valence-corrected chi connectivity index (χ1v) is 11.3. The maximum Gasteiger partial charge on any atom is 0.280 e. The molecule has 0 unspecified atom stereocenters. The van der Waals surface area contributed by atoms with E-state index in [1.807, 2.05) is 61.7 Å². The van der Waals surface area contributed by atoms with Crippen LogP contribution in [0.5, 0.6) is 0 Å². The fourth-order valence-electron chi connectivity index (χ4n) is 3.80. The molecular formula is C28H22N4O3. The summed E-state index contributed by atoms with van der Waals surface area (Å²) in [4.78, 5) is 38.4. The lowest BCUT2D eigenvalue weighted by atomic mass is 10.1. The molecule has 0 atom stereocenters. The zero-order chi connectivity index (χ0) is 24.2. The predicted molar refractivity (Wildman–Crippen MR) is 135 cm³/mol. The summed E-state index contributed by atoms with van der Waals surface area (Å²) in [6.07, 6.45) is 5.75. The highest BCUT2D eigenvalue weighted by molar-refractivity contribution is 5.96. The fourth-order valence-corrected chi connectivity index (χ4v) is 3.80. The smallest absolute Gasteiger partial charge is 0.280 e. The van der Waals surface area contributed by atoms with Crippen LogP contribution in [0.2, 0.25) is 0 Å². The molecule has 3 heterocycles. The van der Waals surface area contributed by atoms with E-state index in [9.17, 15) is 9.59 Å². The molecule has 0 fully saturated rings. The Balaban J connectivity index is 1.55. The van der Waals surface area contributed by atoms with Gasteiger partial charge in [0.05, 0.1) is 12.0 Å². The van der Waals surface area contributed by atoms with Gasteiger partial charge in [0.1, 0.15) is 11.2 Å². The Hall–Kier alpha value is -4.67. The highest BCUT2D eigenvalue weighted by Gasteiger charge is 2.17. The number of benzene rings is 2. The molecule has 2 aromatic carbocycles. The number of amides is 1. The molecule has 0 aliphatic heterocycles. The third-order valence-corrected chi connectivity index (χ3v) is 5.51. The van der Waals surface area contributed by atoms with Gasteiger partial charge in [0.2, 0.25) is 5.43 Å². The molecule has 0 aliphatic carbocycles. The molecule has 7 nitrogen and oxygen atoms in total. The van der Waals surface area contributed by atoms with Crippen molar-refractivity contribution < 1.29 is 9.63 Å². The van der Waals surface area contributed by atoms with Gasteiger partial charge in [-0.2, -0.15) is 0 Å². The second-order valence-electron chi connectivity index (χ2n) is 7.98. The number of fused-ring (bicyclic) bond motifs is 2. The average Bonchev–Trinajstić information content (AvgIpc) is 3.36. The number of carbonyl (C=O) groups is 1. The lowest BCUT2D eigenvalue weighted by Crippen LogP contribution is -2.30. The van der Waals surface area contributed by atoms with Gasteiger partial charge in [0.15, 0.2) is 0 Å². The molecular weight excluding hydrogens is 440 g/mol. The topological polar surface area (TPSA) is 89.0 Å². The number of pyridine rings is 2. The molecule has 2 N–H and O–H groups in total. The Labute approximate surface area is 201 Å². The summed E-state index contributed by atoms with van der Waals surface area (Å²) in [5.41, 5.74) is 5.85. The number of aromatic nitrogens is 3. The van der Waals surface area contributed by atoms with Crippen LogP contribution in [-0.2, 0) is 4.84 Å². The zero-order valence-corrected chi connectivity index (χ0v) is 19.0. The lowest BCUT2D eigenvalue weighted by Gasteiger charge is -2.13. The highest BCUT2D eigenvalue weighted by atomic mass is 16.6. The SMILES string of the molecule is CCCONC(=O)c1cn(-c2cccc(C#Cc3ccc4[nH]ccc4c3)c2)c2ncccc2c1=O. The van der Waals surface area contributed by atoms with Crippen LogP contribution in [0.1, 0.15) is 34.8 Å². The van der Waals surface area contributed by atoms with E-state index in [0.717, 1.165) is 34.1 Å². The van der Waals surface area contributed by atoms with E-state index in [4.69, 9.17) is 4.84 Å². The van der Waals surface area contributed by atoms with Gasteiger partial charge in [-0.15, -0.1) is 0 Å². The van der Waals surface area contributed by atoms with Gasteiger partial charge in [0.25, 0.3) is 5.91 Å². The zero-order valence-electron chi connectivity index (χ0n) is 19.0. The van der Waals surface area contributed by atoms with Crippen LogP contribution >= 0.6 is 0 Å². The highest BCUT2D eigenvalue weighted by Crippen LogP contribution is 2.18. The number of hydrogen-bond acceptors (Lipinski definition) is 4. The summed E-state index contributed by atoms with van der Waals surface area (Å²) < 4.78 is 1.72. The van der Waals surface area contributed by atoms with Crippen LogP contribution in [0.15, 0.2) is 84.0 Å². The van der Waals surface area contributed by atoms with Gasteiger partial charge in [0, 0.05) is 46.3 Å². The van der Waals surface area contributed by atoms with Crippen molar-refractivity contribution in [3.8, 4) is 17.5 Å². The Morgan fingerprint density at radius 2 is 1.94 bits per heavy atom.